The van der Waals surface area contributed by atoms with Gasteiger partial charge in [-0.25, -0.2) is 0 Å². The molecule has 4 heterocycles. The summed E-state index contributed by atoms with van der Waals surface area (Å²) in [6.07, 6.45) is 17.4. The molecule has 0 aliphatic carbocycles. The highest BCUT2D eigenvalue weighted by molar-refractivity contribution is 6.12. The van der Waals surface area contributed by atoms with Crippen LogP contribution < -0.4 is 4.90 Å². The summed E-state index contributed by atoms with van der Waals surface area (Å²) in [5.41, 5.74) is 14.7. The van der Waals surface area contributed by atoms with E-state index in [-0.39, 0.29) is 12.0 Å². The van der Waals surface area contributed by atoms with E-state index in [1.165, 1.54) is 11.3 Å². The second kappa shape index (κ2) is 17.4. The van der Waals surface area contributed by atoms with Crippen LogP contribution in [0.2, 0.25) is 0 Å². The van der Waals surface area contributed by atoms with E-state index in [0.29, 0.717) is 34.6 Å². The van der Waals surface area contributed by atoms with Crippen LogP contribution >= 0.6 is 0 Å². The maximum atomic E-state index is 11.4. The molecule has 2 unspecified atom stereocenters. The molecular formula is C64H48N6. The van der Waals surface area contributed by atoms with Crippen molar-refractivity contribution in [2.75, 3.05) is 4.90 Å². The van der Waals surface area contributed by atoms with E-state index in [9.17, 15) is 10.5 Å². The average Bonchev–Trinajstić information content (AvgIpc) is 4.09. The number of allylic oxidation sites excluding steroid dienone is 4. The van der Waals surface area contributed by atoms with Gasteiger partial charge in [-0.3, -0.25) is 0 Å². The summed E-state index contributed by atoms with van der Waals surface area (Å²) in [6, 6.07) is 57.1. The lowest BCUT2D eigenvalue weighted by atomic mass is 9.96. The molecule has 0 bridgehead atoms. The predicted molar refractivity (Wildman–Crippen MR) is 290 cm³/mol. The smallest absolute Gasteiger partial charge is 0.107 e. The number of nitrogens with zero attached hydrogens (tertiary/aromatic N) is 6. The number of aromatic nitrogens is 3. The fraction of sp³-hybridized carbons (Fsp3) is 0.0938. The quantitative estimate of drug-likeness (QED) is 0.0780. The Labute approximate surface area is 408 Å². The Kier molecular flexibility index (Phi) is 10.8. The third-order valence-electron chi connectivity index (χ3n) is 14.2. The van der Waals surface area contributed by atoms with Gasteiger partial charge >= 0.3 is 0 Å². The Balaban J connectivity index is 1.19. The monoisotopic (exact) mass is 900 g/mol. The van der Waals surface area contributed by atoms with Gasteiger partial charge in [0.1, 0.15) is 17.8 Å². The first-order valence-corrected chi connectivity index (χ1v) is 23.6. The number of hydrogen-bond donors (Lipinski definition) is 0. The van der Waals surface area contributed by atoms with Crippen LogP contribution in [0, 0.1) is 41.9 Å². The molecule has 0 fully saturated rings. The highest BCUT2D eigenvalue weighted by Gasteiger charge is 2.35. The molecule has 0 spiro atoms. The molecule has 1 aliphatic rings. The van der Waals surface area contributed by atoms with Gasteiger partial charge < -0.3 is 18.6 Å². The number of hydrogen-bond acceptors (Lipinski definition) is 3. The van der Waals surface area contributed by atoms with Gasteiger partial charge in [0, 0.05) is 62.4 Å². The Morgan fingerprint density at radius 2 is 1.31 bits per heavy atom. The van der Waals surface area contributed by atoms with Crippen molar-refractivity contribution in [2.24, 2.45) is 0 Å². The molecule has 6 nitrogen and oxygen atoms in total. The van der Waals surface area contributed by atoms with Gasteiger partial charge in [-0.15, -0.1) is 13.0 Å². The maximum Gasteiger partial charge on any atom is 0.107 e. The molecule has 0 saturated heterocycles. The number of aryl methyl sites for hydroxylation is 1. The van der Waals surface area contributed by atoms with Gasteiger partial charge in [0.15, 0.2) is 0 Å². The molecule has 70 heavy (non-hydrogen) atoms. The fourth-order valence-electron chi connectivity index (χ4n) is 11.3. The molecule has 3 aromatic heterocycles. The first-order chi connectivity index (χ1) is 34.3. The van der Waals surface area contributed by atoms with E-state index in [1.54, 1.807) is 0 Å². The van der Waals surface area contributed by atoms with E-state index in [2.05, 4.69) is 180 Å². The van der Waals surface area contributed by atoms with Gasteiger partial charge in [0.05, 0.1) is 50.8 Å². The van der Waals surface area contributed by atoms with Crippen LogP contribution in [0.5, 0.6) is 0 Å². The third kappa shape index (κ3) is 6.56. The topological polar surface area (TPSA) is 65.6 Å². The van der Waals surface area contributed by atoms with E-state index in [0.717, 1.165) is 82.9 Å². The van der Waals surface area contributed by atoms with Gasteiger partial charge in [0.2, 0.25) is 0 Å². The van der Waals surface area contributed by atoms with E-state index in [1.807, 2.05) is 72.8 Å². The van der Waals surface area contributed by atoms with Crippen molar-refractivity contribution in [2.45, 2.75) is 39.2 Å². The van der Waals surface area contributed by atoms with Crippen LogP contribution in [0.1, 0.15) is 59.0 Å². The number of rotatable bonds is 10. The van der Waals surface area contributed by atoms with Crippen LogP contribution in [0.4, 0.5) is 5.69 Å². The van der Waals surface area contributed by atoms with E-state index in [4.69, 9.17) is 6.42 Å². The summed E-state index contributed by atoms with van der Waals surface area (Å²) in [4.78, 5) is 2.43. The summed E-state index contributed by atoms with van der Waals surface area (Å²) < 4.78 is 6.46. The van der Waals surface area contributed by atoms with E-state index >= 15 is 0 Å². The SMILES string of the molecule is C#Cc1c(-c2c(C)c3ccccc3n2-c2cc(C#N)c(-n3c(CC=C)c(/C=C(\C)N4c5ccccc5C(C)C4/C=C\C=C)c4c5ccccc5ccc43)cc2C#N)c2ccccc2n1-c1ccccc1. The molecule has 0 saturated carbocycles. The molecule has 1 aliphatic heterocycles. The normalized spacial score (nSPS) is 14.6. The molecule has 6 heteroatoms. The lowest BCUT2D eigenvalue weighted by molar-refractivity contribution is 0.681. The minimum absolute atomic E-state index is 0.0698. The number of anilines is 1. The molecule has 10 aromatic rings. The maximum absolute atomic E-state index is 11.4. The van der Waals surface area contributed by atoms with Crippen LogP contribution in [0.25, 0.3) is 77.9 Å². The van der Waals surface area contributed by atoms with Crippen molar-refractivity contribution in [1.82, 2.24) is 13.7 Å². The van der Waals surface area contributed by atoms with Gasteiger partial charge in [-0.1, -0.05) is 147 Å². The van der Waals surface area contributed by atoms with Crippen LogP contribution in [-0.2, 0) is 6.42 Å². The molecule has 11 rings (SSSR count). The second-order valence-electron chi connectivity index (χ2n) is 18.0. The van der Waals surface area contributed by atoms with Crippen molar-refractivity contribution in [3.8, 4) is 52.8 Å². The molecule has 334 valence electrons. The number of fused-ring (bicyclic) bond motifs is 6. The third-order valence-corrected chi connectivity index (χ3v) is 14.2. The van der Waals surface area contributed by atoms with Crippen molar-refractivity contribution >= 4 is 55.2 Å². The number of para-hydroxylation sites is 4. The van der Waals surface area contributed by atoms with Crippen LogP contribution in [0.3, 0.4) is 0 Å². The number of benzene rings is 7. The number of nitriles is 2. The lowest BCUT2D eigenvalue weighted by Crippen LogP contribution is -2.30. The highest BCUT2D eigenvalue weighted by atomic mass is 15.2. The Morgan fingerprint density at radius 3 is 2.01 bits per heavy atom. The first kappa shape index (κ1) is 43.3. The van der Waals surface area contributed by atoms with Crippen molar-refractivity contribution in [3.63, 3.8) is 0 Å². The Hall–Kier alpha value is -9.28. The summed E-state index contributed by atoms with van der Waals surface area (Å²) in [7, 11) is 0. The number of terminal acetylenes is 1. The molecule has 2 atom stereocenters. The van der Waals surface area contributed by atoms with Gasteiger partial charge in [-0.05, 0) is 90.4 Å². The summed E-state index contributed by atoms with van der Waals surface area (Å²) in [5.74, 6) is 3.33. The molecule has 7 aromatic carbocycles. The first-order valence-electron chi connectivity index (χ1n) is 23.6. The molecular weight excluding hydrogens is 853 g/mol. The highest BCUT2D eigenvalue weighted by Crippen LogP contribution is 2.47. The van der Waals surface area contributed by atoms with Crippen molar-refractivity contribution < 1.29 is 0 Å². The fourth-order valence-corrected chi connectivity index (χ4v) is 11.3. The minimum atomic E-state index is 0.0698. The van der Waals surface area contributed by atoms with Gasteiger partial charge in [0.25, 0.3) is 0 Å². The molecule has 0 radical (unpaired) electrons. The zero-order valence-corrected chi connectivity index (χ0v) is 39.4. The van der Waals surface area contributed by atoms with E-state index < -0.39 is 0 Å². The summed E-state index contributed by atoms with van der Waals surface area (Å²) in [5, 5.41) is 28.1. The summed E-state index contributed by atoms with van der Waals surface area (Å²) >= 11 is 0. The molecule has 0 N–H and O–H groups in total. The zero-order valence-electron chi connectivity index (χ0n) is 39.4. The predicted octanol–water partition coefficient (Wildman–Crippen LogP) is 15.2. The zero-order chi connectivity index (χ0) is 48.2. The van der Waals surface area contributed by atoms with Crippen molar-refractivity contribution in [3.05, 3.63) is 234 Å². The standard InChI is InChI=1S/C64H48N6/c1-7-10-30-54-42(5)48-26-16-19-31-56(48)67(54)41(4)36-52-55(22-8-2)69(59-35-34-44-23-14-15-28-50(44)62(52)59)60-37-46(40-66)61(38-45(60)39-65)70-57-32-20-17-27-49(57)43(6)64(70)63-51-29-18-21-33-58(51)68(53(63)9-3)47-24-12-11-13-25-47/h3,7-8,10-21,23-38,42,54H,1-2,22H2,4-6H3/b30-10-,41-36+. The largest absolute Gasteiger partial charge is 0.338 e. The lowest BCUT2D eigenvalue weighted by Gasteiger charge is -2.28. The average molecular weight is 901 g/mol. The van der Waals surface area contributed by atoms with Crippen molar-refractivity contribution in [1.29, 1.82) is 10.5 Å². The minimum Gasteiger partial charge on any atom is -0.338 e. The van der Waals surface area contributed by atoms with Crippen LogP contribution in [0.15, 0.2) is 195 Å². The molecule has 0 amide bonds. The van der Waals surface area contributed by atoms with Crippen LogP contribution in [-0.4, -0.2) is 19.7 Å². The summed E-state index contributed by atoms with van der Waals surface area (Å²) in [6.45, 7) is 14.8. The Bertz CT molecular complexity index is 3990. The van der Waals surface area contributed by atoms with Gasteiger partial charge in [-0.2, -0.15) is 10.5 Å². The second-order valence-corrected chi connectivity index (χ2v) is 18.0. The Morgan fingerprint density at radius 1 is 0.686 bits per heavy atom.